The average molecular weight is 955 g/mol. The number of aromatic nitrogens is 6. The average Bonchev–Trinajstić information content (AvgIpc) is 4.12. The van der Waals surface area contributed by atoms with E-state index in [9.17, 15) is 0 Å². The fraction of sp³-hybridized carbons (Fsp3) is 0. The van der Waals surface area contributed by atoms with Crippen LogP contribution in [0.15, 0.2) is 255 Å². The molecule has 4 aromatic heterocycles. The van der Waals surface area contributed by atoms with Crippen LogP contribution in [0.5, 0.6) is 0 Å². The van der Waals surface area contributed by atoms with Crippen LogP contribution in [-0.4, -0.2) is 28.7 Å². The second-order valence-electron chi connectivity index (χ2n) is 19.5. The molecule has 12 aromatic carbocycles. The van der Waals surface area contributed by atoms with Gasteiger partial charge in [0, 0.05) is 54.7 Å². The van der Waals surface area contributed by atoms with Gasteiger partial charge in [-0.1, -0.05) is 194 Å². The monoisotopic (exact) mass is 954 g/mol. The van der Waals surface area contributed by atoms with Crippen LogP contribution in [0.1, 0.15) is 0 Å². The Hall–Kier alpha value is -10.2. The fourth-order valence-electron chi connectivity index (χ4n) is 12.3. The lowest BCUT2D eigenvalue weighted by molar-refractivity contribution is 0.954. The molecule has 4 heterocycles. The molecule has 0 radical (unpaired) electrons. The van der Waals surface area contributed by atoms with Crippen molar-refractivity contribution in [2.45, 2.75) is 0 Å². The smallest absolute Gasteiger partial charge is 0.238 e. The summed E-state index contributed by atoms with van der Waals surface area (Å²) in [5.74, 6) is 1.75. The summed E-state index contributed by atoms with van der Waals surface area (Å²) < 4.78 is 7.05. The SMILES string of the molecule is c1ccc(-c2nc(-c3cccc4c3c3ccccc3n4-c3ccccc3)nc(-n3c4ccccc4c4cc5c6ccccc6n(-c6ccccc6-c6ccc7c8ccccc8c8ccccc8c7c6)c5cc43)n2)cc1. The number of benzene rings is 12. The maximum atomic E-state index is 5.56. The van der Waals surface area contributed by atoms with Crippen LogP contribution in [0.2, 0.25) is 0 Å². The molecule has 0 atom stereocenters. The molecule has 0 aliphatic carbocycles. The van der Waals surface area contributed by atoms with Crippen molar-refractivity contribution in [3.05, 3.63) is 255 Å². The fourth-order valence-corrected chi connectivity index (χ4v) is 12.3. The maximum Gasteiger partial charge on any atom is 0.238 e. The van der Waals surface area contributed by atoms with E-state index < -0.39 is 0 Å². The van der Waals surface area contributed by atoms with Crippen molar-refractivity contribution in [2.75, 3.05) is 0 Å². The second kappa shape index (κ2) is 16.2. The van der Waals surface area contributed by atoms with E-state index in [0.717, 1.165) is 88.3 Å². The zero-order chi connectivity index (χ0) is 49.1. The first-order valence-corrected chi connectivity index (χ1v) is 25.5. The van der Waals surface area contributed by atoms with Gasteiger partial charge in [0.15, 0.2) is 11.6 Å². The Labute approximate surface area is 430 Å². The van der Waals surface area contributed by atoms with Crippen LogP contribution in [0.4, 0.5) is 0 Å². The van der Waals surface area contributed by atoms with Crippen LogP contribution < -0.4 is 0 Å². The highest BCUT2D eigenvalue weighted by Gasteiger charge is 2.24. The molecule has 75 heavy (non-hydrogen) atoms. The summed E-state index contributed by atoms with van der Waals surface area (Å²) >= 11 is 0. The summed E-state index contributed by atoms with van der Waals surface area (Å²) in [6.07, 6.45) is 0. The summed E-state index contributed by atoms with van der Waals surface area (Å²) in [7, 11) is 0. The summed E-state index contributed by atoms with van der Waals surface area (Å²) in [5, 5.41) is 14.4. The minimum absolute atomic E-state index is 0.548. The van der Waals surface area contributed by atoms with Gasteiger partial charge in [-0.2, -0.15) is 9.97 Å². The molecule has 0 N–H and O–H groups in total. The van der Waals surface area contributed by atoms with Crippen molar-refractivity contribution in [1.29, 1.82) is 0 Å². The van der Waals surface area contributed by atoms with E-state index >= 15 is 0 Å². The second-order valence-corrected chi connectivity index (χ2v) is 19.5. The van der Waals surface area contributed by atoms with Crippen molar-refractivity contribution in [3.8, 4) is 51.2 Å². The van der Waals surface area contributed by atoms with E-state index in [-0.39, 0.29) is 0 Å². The minimum atomic E-state index is 0.548. The Morgan fingerprint density at radius 1 is 0.240 bits per heavy atom. The van der Waals surface area contributed by atoms with Gasteiger partial charge in [-0.3, -0.25) is 4.57 Å². The number of hydrogen-bond acceptors (Lipinski definition) is 3. The van der Waals surface area contributed by atoms with Crippen molar-refractivity contribution in [2.24, 2.45) is 0 Å². The van der Waals surface area contributed by atoms with Gasteiger partial charge in [-0.15, -0.1) is 0 Å². The highest BCUT2D eigenvalue weighted by atomic mass is 15.2. The van der Waals surface area contributed by atoms with E-state index in [1.807, 2.05) is 18.2 Å². The van der Waals surface area contributed by atoms with Gasteiger partial charge >= 0.3 is 0 Å². The van der Waals surface area contributed by atoms with Crippen molar-refractivity contribution in [1.82, 2.24) is 28.7 Å². The lowest BCUT2D eigenvalue weighted by Crippen LogP contribution is -2.06. The standard InChI is InChI=1S/C69H42N6/c1-3-20-43(21-4-1)67-70-68(55-32-19-37-63-66(55)54-31-14-18-36-62(54)73(63)45-22-5-2-6-23-45)72-69(71-67)75-61-35-17-13-30-53(61)58-41-57-52-29-12-16-34-60(52)74(64(57)42-65(58)75)59-33-15-11-24-46(59)44-38-39-51-49-27-8-7-25-47(49)48-26-9-10-28-50(48)56(51)40-44/h1-42H. The Balaban J connectivity index is 0.960. The lowest BCUT2D eigenvalue weighted by Gasteiger charge is -2.16. The van der Waals surface area contributed by atoms with E-state index in [4.69, 9.17) is 15.0 Å². The highest BCUT2D eigenvalue weighted by molar-refractivity contribution is 6.26. The lowest BCUT2D eigenvalue weighted by atomic mass is 9.92. The Morgan fingerprint density at radius 3 is 1.43 bits per heavy atom. The first-order chi connectivity index (χ1) is 37.2. The third-order valence-electron chi connectivity index (χ3n) is 15.5. The summed E-state index contributed by atoms with van der Waals surface area (Å²) in [4.78, 5) is 16.3. The molecule has 0 fully saturated rings. The van der Waals surface area contributed by atoms with Gasteiger partial charge in [0.05, 0.1) is 38.8 Å². The van der Waals surface area contributed by atoms with Crippen LogP contribution in [0.3, 0.4) is 0 Å². The Morgan fingerprint density at radius 2 is 0.733 bits per heavy atom. The normalized spacial score (nSPS) is 12.0. The first-order valence-electron chi connectivity index (χ1n) is 25.5. The van der Waals surface area contributed by atoms with Gasteiger partial charge in [0.1, 0.15) is 0 Å². The van der Waals surface area contributed by atoms with Gasteiger partial charge in [0.25, 0.3) is 0 Å². The van der Waals surface area contributed by atoms with Gasteiger partial charge in [0.2, 0.25) is 5.95 Å². The summed E-state index contributed by atoms with van der Waals surface area (Å²) in [5.41, 5.74) is 12.8. The van der Waals surface area contributed by atoms with E-state index in [1.165, 1.54) is 43.1 Å². The number of hydrogen-bond donors (Lipinski definition) is 0. The highest BCUT2D eigenvalue weighted by Crippen LogP contribution is 2.44. The van der Waals surface area contributed by atoms with Crippen LogP contribution in [0, 0.1) is 0 Å². The molecular formula is C69H42N6. The minimum Gasteiger partial charge on any atom is -0.309 e. The molecule has 6 heteroatoms. The third kappa shape index (κ3) is 6.17. The van der Waals surface area contributed by atoms with Crippen LogP contribution in [-0.2, 0) is 0 Å². The molecule has 0 bridgehead atoms. The van der Waals surface area contributed by atoms with E-state index in [2.05, 4.69) is 250 Å². The van der Waals surface area contributed by atoms with Crippen LogP contribution in [0.25, 0.3) is 149 Å². The van der Waals surface area contributed by atoms with Crippen molar-refractivity contribution < 1.29 is 0 Å². The number of rotatable bonds is 6. The quantitative estimate of drug-likeness (QED) is 0.156. The van der Waals surface area contributed by atoms with Crippen molar-refractivity contribution >= 4 is 97.7 Å². The molecule has 0 saturated heterocycles. The van der Waals surface area contributed by atoms with Gasteiger partial charge in [-0.05, 0) is 98.5 Å². The van der Waals surface area contributed by atoms with E-state index in [0.29, 0.717) is 17.6 Å². The van der Waals surface area contributed by atoms with Crippen LogP contribution >= 0.6 is 0 Å². The predicted octanol–water partition coefficient (Wildman–Crippen LogP) is 17.6. The molecule has 0 unspecified atom stereocenters. The Kier molecular flexibility index (Phi) is 8.94. The zero-order valence-electron chi connectivity index (χ0n) is 40.4. The maximum absolute atomic E-state index is 5.56. The zero-order valence-corrected chi connectivity index (χ0v) is 40.4. The largest absolute Gasteiger partial charge is 0.309 e. The molecule has 0 spiro atoms. The predicted molar refractivity (Wildman–Crippen MR) is 312 cm³/mol. The van der Waals surface area contributed by atoms with Gasteiger partial charge < -0.3 is 9.13 Å². The molecule has 348 valence electrons. The molecule has 0 aliphatic rings. The summed E-state index contributed by atoms with van der Waals surface area (Å²) in [6.45, 7) is 0. The van der Waals surface area contributed by atoms with Gasteiger partial charge in [-0.25, -0.2) is 4.98 Å². The van der Waals surface area contributed by atoms with E-state index in [1.54, 1.807) is 0 Å². The molecule has 0 aliphatic heterocycles. The molecule has 16 aromatic rings. The van der Waals surface area contributed by atoms with Crippen molar-refractivity contribution in [3.63, 3.8) is 0 Å². The molecule has 16 rings (SSSR count). The Bertz CT molecular complexity index is 4970. The molecule has 6 nitrogen and oxygen atoms in total. The molecule has 0 amide bonds. The first kappa shape index (κ1) is 41.4. The number of para-hydroxylation sites is 5. The number of nitrogens with zero attached hydrogens (tertiary/aromatic N) is 6. The summed E-state index contributed by atoms with van der Waals surface area (Å²) in [6, 6.07) is 91.7. The topological polar surface area (TPSA) is 53.5 Å². The molecule has 0 saturated carbocycles. The molecular weight excluding hydrogens is 913 g/mol. The number of fused-ring (bicyclic) bond motifs is 15. The third-order valence-corrected chi connectivity index (χ3v) is 15.5.